The van der Waals surface area contributed by atoms with Crippen molar-refractivity contribution >= 4 is 28.2 Å². The average Bonchev–Trinajstić information content (AvgIpc) is 2.77. The van der Waals surface area contributed by atoms with Crippen LogP contribution < -0.4 is 16.0 Å². The molecule has 1 rings (SSSR count). The predicted octanol–water partition coefficient (Wildman–Crippen LogP) is 1.34. The molecule has 0 aliphatic rings. The van der Waals surface area contributed by atoms with Crippen LogP contribution >= 0.6 is 11.3 Å². The largest absolute Gasteiger partial charge is 0.382 e. The van der Waals surface area contributed by atoms with E-state index in [1.54, 1.807) is 0 Å². The van der Waals surface area contributed by atoms with E-state index in [0.717, 1.165) is 11.7 Å². The van der Waals surface area contributed by atoms with Crippen LogP contribution in [-0.4, -0.2) is 43.7 Å². The molecular weight excluding hydrogens is 264 g/mol. The van der Waals surface area contributed by atoms with E-state index in [2.05, 4.69) is 10.3 Å². The molecule has 1 aromatic rings. The molecule has 0 saturated heterocycles. The summed E-state index contributed by atoms with van der Waals surface area (Å²) >= 11 is 1.30. The number of nitrogens with two attached hydrogens (primary N) is 1. The van der Waals surface area contributed by atoms with Gasteiger partial charge in [-0.1, -0.05) is 11.3 Å². The van der Waals surface area contributed by atoms with Crippen molar-refractivity contribution in [2.24, 2.45) is 0 Å². The Kier molecular flexibility index (Phi) is 6.04. The molecule has 1 unspecified atom stereocenters. The lowest BCUT2D eigenvalue weighted by molar-refractivity contribution is 0.0876. The van der Waals surface area contributed by atoms with Crippen LogP contribution in [0.5, 0.6) is 0 Å². The number of rotatable bonds is 7. The number of nitrogen functional groups attached to an aromatic ring is 1. The SMILES string of the molecule is CCOCC(C)NC(=O)c1sc(N(C)CC)nc1N. The van der Waals surface area contributed by atoms with Crippen molar-refractivity contribution in [2.75, 3.05) is 37.4 Å². The van der Waals surface area contributed by atoms with Crippen LogP contribution in [0.15, 0.2) is 0 Å². The van der Waals surface area contributed by atoms with Crippen molar-refractivity contribution in [2.45, 2.75) is 26.8 Å². The van der Waals surface area contributed by atoms with Gasteiger partial charge >= 0.3 is 0 Å². The number of thiazole rings is 1. The molecule has 0 radical (unpaired) electrons. The molecule has 6 nitrogen and oxygen atoms in total. The van der Waals surface area contributed by atoms with E-state index in [4.69, 9.17) is 10.5 Å². The van der Waals surface area contributed by atoms with Crippen LogP contribution in [0.2, 0.25) is 0 Å². The van der Waals surface area contributed by atoms with Gasteiger partial charge in [-0.2, -0.15) is 0 Å². The summed E-state index contributed by atoms with van der Waals surface area (Å²) in [6.07, 6.45) is 0. The Bertz CT molecular complexity index is 422. The number of hydrogen-bond donors (Lipinski definition) is 2. The lowest BCUT2D eigenvalue weighted by Crippen LogP contribution is -2.35. The molecule has 1 aromatic heterocycles. The number of carbonyl (C=O) groups excluding carboxylic acids is 1. The number of anilines is 2. The summed E-state index contributed by atoms with van der Waals surface area (Å²) in [5.74, 6) is 0.0827. The molecule has 0 fully saturated rings. The summed E-state index contributed by atoms with van der Waals surface area (Å²) in [7, 11) is 1.91. The van der Waals surface area contributed by atoms with E-state index in [1.807, 2.05) is 32.7 Å². The first kappa shape index (κ1) is 15.7. The Morgan fingerprint density at radius 2 is 2.26 bits per heavy atom. The second kappa shape index (κ2) is 7.30. The molecule has 0 aromatic carbocycles. The third kappa shape index (κ3) is 4.36. The van der Waals surface area contributed by atoms with Gasteiger partial charge < -0.3 is 20.7 Å². The van der Waals surface area contributed by atoms with Gasteiger partial charge in [0.15, 0.2) is 5.13 Å². The van der Waals surface area contributed by atoms with Crippen LogP contribution in [0.25, 0.3) is 0 Å². The van der Waals surface area contributed by atoms with E-state index in [9.17, 15) is 4.79 Å². The number of hydrogen-bond acceptors (Lipinski definition) is 6. The van der Waals surface area contributed by atoms with Crippen molar-refractivity contribution in [1.82, 2.24) is 10.3 Å². The lowest BCUT2D eigenvalue weighted by atomic mass is 10.3. The molecule has 0 aliphatic heterocycles. The van der Waals surface area contributed by atoms with Crippen LogP contribution in [0, 0.1) is 0 Å². The minimum absolute atomic E-state index is 0.0543. The van der Waals surface area contributed by atoms with E-state index < -0.39 is 0 Å². The molecule has 1 atom stereocenters. The Morgan fingerprint density at radius 1 is 1.58 bits per heavy atom. The fourth-order valence-corrected chi connectivity index (χ4v) is 2.32. The Balaban J connectivity index is 2.69. The maximum Gasteiger partial charge on any atom is 0.265 e. The molecule has 0 bridgehead atoms. The van der Waals surface area contributed by atoms with Crippen LogP contribution in [-0.2, 0) is 4.74 Å². The summed E-state index contributed by atoms with van der Waals surface area (Å²) in [5, 5.41) is 3.60. The molecule has 0 aliphatic carbocycles. The Morgan fingerprint density at radius 3 is 2.84 bits per heavy atom. The lowest BCUT2D eigenvalue weighted by Gasteiger charge is -2.13. The van der Waals surface area contributed by atoms with E-state index in [-0.39, 0.29) is 17.8 Å². The molecule has 1 heterocycles. The monoisotopic (exact) mass is 286 g/mol. The minimum Gasteiger partial charge on any atom is -0.382 e. The molecule has 0 saturated carbocycles. The molecule has 19 heavy (non-hydrogen) atoms. The smallest absolute Gasteiger partial charge is 0.265 e. The summed E-state index contributed by atoms with van der Waals surface area (Å²) in [6.45, 7) is 7.76. The van der Waals surface area contributed by atoms with Gasteiger partial charge in [-0.3, -0.25) is 4.79 Å². The number of nitrogens with one attached hydrogen (secondary N) is 1. The second-order valence-electron chi connectivity index (χ2n) is 4.26. The van der Waals surface area contributed by atoms with Crippen LogP contribution in [0.3, 0.4) is 0 Å². The second-order valence-corrected chi connectivity index (χ2v) is 5.24. The van der Waals surface area contributed by atoms with Gasteiger partial charge in [-0.25, -0.2) is 4.98 Å². The molecule has 7 heteroatoms. The number of ether oxygens (including phenoxy) is 1. The third-order valence-electron chi connectivity index (χ3n) is 2.60. The maximum atomic E-state index is 12.1. The molecular formula is C12H22N4O2S. The summed E-state index contributed by atoms with van der Waals surface area (Å²) in [5.41, 5.74) is 5.79. The molecule has 3 N–H and O–H groups in total. The van der Waals surface area contributed by atoms with Gasteiger partial charge in [0, 0.05) is 26.2 Å². The minimum atomic E-state index is -0.196. The summed E-state index contributed by atoms with van der Waals surface area (Å²) in [6, 6.07) is -0.0543. The zero-order valence-corrected chi connectivity index (χ0v) is 12.7. The summed E-state index contributed by atoms with van der Waals surface area (Å²) < 4.78 is 5.26. The van der Waals surface area contributed by atoms with Crippen molar-refractivity contribution in [3.05, 3.63) is 4.88 Å². The van der Waals surface area contributed by atoms with Gasteiger partial charge in [0.2, 0.25) is 0 Å². The number of amides is 1. The zero-order valence-electron chi connectivity index (χ0n) is 11.9. The van der Waals surface area contributed by atoms with E-state index in [1.165, 1.54) is 11.3 Å². The van der Waals surface area contributed by atoms with Crippen molar-refractivity contribution in [1.29, 1.82) is 0 Å². The standard InChI is InChI=1S/C12H22N4O2S/c1-5-16(4)12-15-10(13)9(19-12)11(17)14-8(3)7-18-6-2/h8H,5-7,13H2,1-4H3,(H,14,17). The zero-order chi connectivity index (χ0) is 14.4. The number of carbonyl (C=O) groups is 1. The topological polar surface area (TPSA) is 80.5 Å². The number of nitrogens with zero attached hydrogens (tertiary/aromatic N) is 2. The first-order chi connectivity index (χ1) is 8.99. The van der Waals surface area contributed by atoms with Gasteiger partial charge in [0.25, 0.3) is 5.91 Å². The highest BCUT2D eigenvalue weighted by Crippen LogP contribution is 2.27. The summed E-state index contributed by atoms with van der Waals surface area (Å²) in [4.78, 5) is 18.7. The fraction of sp³-hybridized carbons (Fsp3) is 0.667. The molecule has 108 valence electrons. The van der Waals surface area contributed by atoms with Crippen LogP contribution in [0.1, 0.15) is 30.4 Å². The average molecular weight is 286 g/mol. The quantitative estimate of drug-likeness (QED) is 0.790. The number of aromatic nitrogens is 1. The first-order valence-corrected chi connectivity index (χ1v) is 7.17. The highest BCUT2D eigenvalue weighted by Gasteiger charge is 2.19. The van der Waals surface area contributed by atoms with Gasteiger partial charge in [0.1, 0.15) is 10.7 Å². The van der Waals surface area contributed by atoms with Gasteiger partial charge in [0.05, 0.1) is 6.61 Å². The Labute approximate surface area is 118 Å². The highest BCUT2D eigenvalue weighted by molar-refractivity contribution is 7.18. The van der Waals surface area contributed by atoms with Crippen LogP contribution in [0.4, 0.5) is 10.9 Å². The van der Waals surface area contributed by atoms with E-state index >= 15 is 0 Å². The first-order valence-electron chi connectivity index (χ1n) is 6.35. The van der Waals surface area contributed by atoms with Gasteiger partial charge in [-0.15, -0.1) is 0 Å². The molecule has 0 spiro atoms. The van der Waals surface area contributed by atoms with Crippen molar-refractivity contribution in [3.8, 4) is 0 Å². The predicted molar refractivity (Wildman–Crippen MR) is 78.9 cm³/mol. The highest BCUT2D eigenvalue weighted by atomic mass is 32.1. The molecule has 1 amide bonds. The van der Waals surface area contributed by atoms with E-state index in [0.29, 0.717) is 18.1 Å². The van der Waals surface area contributed by atoms with Crippen molar-refractivity contribution in [3.63, 3.8) is 0 Å². The van der Waals surface area contributed by atoms with Gasteiger partial charge in [-0.05, 0) is 20.8 Å². The normalized spacial score (nSPS) is 12.2. The maximum absolute atomic E-state index is 12.1. The third-order valence-corrected chi connectivity index (χ3v) is 3.78. The van der Waals surface area contributed by atoms with Crippen molar-refractivity contribution < 1.29 is 9.53 Å². The Hall–Kier alpha value is -1.34. The fourth-order valence-electron chi connectivity index (χ4n) is 1.41.